The van der Waals surface area contributed by atoms with Gasteiger partial charge in [-0.15, -0.1) is 0 Å². The minimum Gasteiger partial charge on any atom is -0.490 e. The van der Waals surface area contributed by atoms with Crippen molar-refractivity contribution in [3.05, 3.63) is 29.8 Å². The highest BCUT2D eigenvalue weighted by Crippen LogP contribution is 2.24. The van der Waals surface area contributed by atoms with E-state index >= 15 is 0 Å². The van der Waals surface area contributed by atoms with Crippen LogP contribution in [0.5, 0.6) is 5.75 Å². The highest BCUT2D eigenvalue weighted by molar-refractivity contribution is 6.13. The Balaban J connectivity index is 1.88. The summed E-state index contributed by atoms with van der Waals surface area (Å²) < 4.78 is 5.82. The molecule has 1 aromatic carbocycles. The molecule has 0 bridgehead atoms. The van der Waals surface area contributed by atoms with E-state index in [4.69, 9.17) is 21.6 Å². The Hall–Kier alpha value is -1.26. The largest absolute Gasteiger partial charge is 0.490 e. The molecule has 1 aliphatic carbocycles. The lowest BCUT2D eigenvalue weighted by atomic mass is 9.94. The van der Waals surface area contributed by atoms with Gasteiger partial charge in [-0.25, -0.2) is 9.63 Å². The van der Waals surface area contributed by atoms with Crippen LogP contribution in [0.25, 0.3) is 0 Å². The molecule has 1 aliphatic rings. The summed E-state index contributed by atoms with van der Waals surface area (Å²) in [5.41, 5.74) is 0.275. The first kappa shape index (κ1) is 13.2. The lowest BCUT2D eigenvalue weighted by molar-refractivity contribution is 0.0697. The fourth-order valence-electron chi connectivity index (χ4n) is 2.16. The number of halogens is 1. The molecule has 1 saturated carbocycles. The number of rotatable bonds is 4. The second-order valence-electron chi connectivity index (χ2n) is 4.53. The van der Waals surface area contributed by atoms with E-state index in [0.29, 0.717) is 6.04 Å². The molecule has 1 aromatic rings. The number of nitrogens with one attached hydrogen (secondary N) is 1. The summed E-state index contributed by atoms with van der Waals surface area (Å²) in [4.78, 5) is 13.5. The standard InChI is InChI=1S/C13H16ClNO3/c14-15-10-3-7-12(8-4-10)18-11-5-1-9(2-6-11)13(16)17/h1-2,5-6,10,12,15H,3-4,7-8H2,(H,16,17). The van der Waals surface area contributed by atoms with E-state index in [2.05, 4.69) is 4.84 Å². The first-order chi connectivity index (χ1) is 8.69. The summed E-state index contributed by atoms with van der Waals surface area (Å²) >= 11 is 5.59. The molecule has 4 nitrogen and oxygen atoms in total. The van der Waals surface area contributed by atoms with Crippen LogP contribution in [0.15, 0.2) is 24.3 Å². The van der Waals surface area contributed by atoms with E-state index in [-0.39, 0.29) is 11.7 Å². The van der Waals surface area contributed by atoms with Gasteiger partial charge in [0.1, 0.15) is 5.75 Å². The van der Waals surface area contributed by atoms with E-state index in [1.807, 2.05) is 0 Å². The molecule has 0 aliphatic heterocycles. The second kappa shape index (κ2) is 6.07. The number of aromatic carboxylic acids is 1. The van der Waals surface area contributed by atoms with E-state index in [1.54, 1.807) is 24.3 Å². The number of carboxylic acids is 1. The van der Waals surface area contributed by atoms with Gasteiger partial charge >= 0.3 is 5.97 Å². The Morgan fingerprint density at radius 1 is 1.22 bits per heavy atom. The summed E-state index contributed by atoms with van der Waals surface area (Å²) in [6, 6.07) is 6.90. The smallest absolute Gasteiger partial charge is 0.335 e. The number of benzene rings is 1. The molecule has 0 heterocycles. The van der Waals surface area contributed by atoms with Gasteiger partial charge in [-0.2, -0.15) is 0 Å². The maximum atomic E-state index is 10.7. The fourth-order valence-corrected chi connectivity index (χ4v) is 2.38. The lowest BCUT2D eigenvalue weighted by Gasteiger charge is -2.27. The maximum absolute atomic E-state index is 10.7. The Bertz CT molecular complexity index is 399. The average Bonchev–Trinajstić information content (AvgIpc) is 2.40. The summed E-state index contributed by atoms with van der Waals surface area (Å²) in [5.74, 6) is -0.197. The number of ether oxygens (including phenoxy) is 1. The van der Waals surface area contributed by atoms with E-state index in [1.165, 1.54) is 0 Å². The van der Waals surface area contributed by atoms with Crippen molar-refractivity contribution >= 4 is 17.7 Å². The molecule has 0 amide bonds. The lowest BCUT2D eigenvalue weighted by Crippen LogP contribution is -2.31. The molecule has 1 fully saturated rings. The van der Waals surface area contributed by atoms with Crippen LogP contribution in [0.4, 0.5) is 0 Å². The molecular weight excluding hydrogens is 254 g/mol. The molecule has 98 valence electrons. The Morgan fingerprint density at radius 2 is 1.83 bits per heavy atom. The molecule has 18 heavy (non-hydrogen) atoms. The normalized spacial score (nSPS) is 23.6. The monoisotopic (exact) mass is 269 g/mol. The van der Waals surface area contributed by atoms with Crippen molar-refractivity contribution in [2.45, 2.75) is 37.8 Å². The first-order valence-corrected chi connectivity index (χ1v) is 6.43. The fraction of sp³-hybridized carbons (Fsp3) is 0.462. The van der Waals surface area contributed by atoms with Crippen LogP contribution in [0.1, 0.15) is 36.0 Å². The van der Waals surface area contributed by atoms with Gasteiger partial charge < -0.3 is 9.84 Å². The van der Waals surface area contributed by atoms with Crippen LogP contribution in [0.3, 0.4) is 0 Å². The van der Waals surface area contributed by atoms with Crippen molar-refractivity contribution in [1.82, 2.24) is 4.84 Å². The second-order valence-corrected chi connectivity index (χ2v) is 4.75. The average molecular weight is 270 g/mol. The number of hydrogen-bond acceptors (Lipinski definition) is 3. The molecule has 2 N–H and O–H groups in total. The Kier molecular flexibility index (Phi) is 4.44. The summed E-state index contributed by atoms with van der Waals surface area (Å²) in [6.45, 7) is 0. The Labute approximate surface area is 111 Å². The van der Waals surface area contributed by atoms with Crippen molar-refractivity contribution in [3.8, 4) is 5.75 Å². The molecule has 0 radical (unpaired) electrons. The van der Waals surface area contributed by atoms with Crippen molar-refractivity contribution in [1.29, 1.82) is 0 Å². The predicted molar refractivity (Wildman–Crippen MR) is 69.1 cm³/mol. The molecule has 0 atom stereocenters. The zero-order chi connectivity index (χ0) is 13.0. The maximum Gasteiger partial charge on any atom is 0.335 e. The number of carbonyl (C=O) groups is 1. The molecule has 0 spiro atoms. The van der Waals surface area contributed by atoms with Crippen LogP contribution >= 0.6 is 11.8 Å². The molecular formula is C13H16ClNO3. The van der Waals surface area contributed by atoms with E-state index < -0.39 is 5.97 Å². The van der Waals surface area contributed by atoms with Crippen LogP contribution in [0, 0.1) is 0 Å². The summed E-state index contributed by atoms with van der Waals surface area (Å²) in [6.07, 6.45) is 4.13. The summed E-state index contributed by atoms with van der Waals surface area (Å²) in [5, 5.41) is 8.79. The van der Waals surface area contributed by atoms with Crippen molar-refractivity contribution in [2.24, 2.45) is 0 Å². The molecule has 0 unspecified atom stereocenters. The van der Waals surface area contributed by atoms with Crippen LogP contribution in [0.2, 0.25) is 0 Å². The van der Waals surface area contributed by atoms with Gasteiger partial charge in [0.15, 0.2) is 0 Å². The van der Waals surface area contributed by atoms with Gasteiger partial charge in [0, 0.05) is 6.04 Å². The van der Waals surface area contributed by atoms with Gasteiger partial charge in [-0.3, -0.25) is 0 Å². The summed E-state index contributed by atoms with van der Waals surface area (Å²) in [7, 11) is 0. The third kappa shape index (κ3) is 3.37. The molecule has 0 saturated heterocycles. The van der Waals surface area contributed by atoms with E-state index in [0.717, 1.165) is 31.4 Å². The van der Waals surface area contributed by atoms with Crippen LogP contribution in [-0.4, -0.2) is 23.2 Å². The van der Waals surface area contributed by atoms with Crippen molar-refractivity contribution < 1.29 is 14.6 Å². The van der Waals surface area contributed by atoms with E-state index in [9.17, 15) is 4.79 Å². The van der Waals surface area contributed by atoms with Gasteiger partial charge in [-0.05, 0) is 61.7 Å². The van der Waals surface area contributed by atoms with Crippen molar-refractivity contribution in [3.63, 3.8) is 0 Å². The quantitative estimate of drug-likeness (QED) is 0.825. The SMILES string of the molecule is O=C(O)c1ccc(OC2CCC(NCl)CC2)cc1. The minimum atomic E-state index is -0.921. The van der Waals surface area contributed by atoms with Gasteiger partial charge in [0.2, 0.25) is 0 Å². The van der Waals surface area contributed by atoms with Crippen LogP contribution in [-0.2, 0) is 0 Å². The number of carboxylic acid groups (broad SMARTS) is 1. The first-order valence-electron chi connectivity index (χ1n) is 6.05. The van der Waals surface area contributed by atoms with Gasteiger partial charge in [0.25, 0.3) is 0 Å². The molecule has 0 aromatic heterocycles. The Morgan fingerprint density at radius 3 is 2.33 bits per heavy atom. The third-order valence-electron chi connectivity index (χ3n) is 3.23. The highest BCUT2D eigenvalue weighted by atomic mass is 35.5. The molecule has 5 heteroatoms. The van der Waals surface area contributed by atoms with Gasteiger partial charge in [0.05, 0.1) is 11.7 Å². The zero-order valence-electron chi connectivity index (χ0n) is 9.93. The number of hydrogen-bond donors (Lipinski definition) is 2. The zero-order valence-corrected chi connectivity index (χ0v) is 10.7. The minimum absolute atomic E-state index is 0.196. The van der Waals surface area contributed by atoms with Crippen LogP contribution < -0.4 is 9.57 Å². The van der Waals surface area contributed by atoms with Gasteiger partial charge in [-0.1, -0.05) is 0 Å². The predicted octanol–water partition coefficient (Wildman–Crippen LogP) is 2.82. The third-order valence-corrected chi connectivity index (χ3v) is 3.54. The highest BCUT2D eigenvalue weighted by Gasteiger charge is 2.21. The topological polar surface area (TPSA) is 58.6 Å². The van der Waals surface area contributed by atoms with Crippen molar-refractivity contribution in [2.75, 3.05) is 0 Å². The molecule has 2 rings (SSSR count).